The molecule has 1 unspecified atom stereocenters. The molecule has 0 amide bonds. The Morgan fingerprint density at radius 3 is 2.06 bits per heavy atom. The lowest BCUT2D eigenvalue weighted by Crippen LogP contribution is -2.40. The third-order valence-corrected chi connectivity index (χ3v) is 11.2. The molecule has 3 aliphatic rings. The monoisotopic (exact) mass is 764 g/mol. The van der Waals surface area contributed by atoms with Crippen molar-refractivity contribution in [2.45, 2.75) is 115 Å². The highest BCUT2D eigenvalue weighted by molar-refractivity contribution is 8.93. The van der Waals surface area contributed by atoms with E-state index in [0.29, 0.717) is 12.8 Å². The van der Waals surface area contributed by atoms with Crippen LogP contribution in [0.1, 0.15) is 109 Å². The number of halogens is 2. The first-order chi connectivity index (χ1) is 23.4. The number of aliphatic carboxylic acids is 2. The number of benzene rings is 2. The average Bonchev–Trinajstić information content (AvgIpc) is 3.41. The number of carbonyl (C=O) groups is 2. The Morgan fingerprint density at radius 1 is 0.800 bits per heavy atom. The molecule has 50 heavy (non-hydrogen) atoms. The highest BCUT2D eigenvalue weighted by Gasteiger charge is 2.43. The van der Waals surface area contributed by atoms with Crippen molar-refractivity contribution in [3.63, 3.8) is 0 Å². The van der Waals surface area contributed by atoms with E-state index in [1.807, 2.05) is 0 Å². The predicted octanol–water partition coefficient (Wildman–Crippen LogP) is 10.9. The summed E-state index contributed by atoms with van der Waals surface area (Å²) in [6.45, 7) is 10.9. The van der Waals surface area contributed by atoms with E-state index >= 15 is 0 Å². The molecule has 8 heteroatoms. The number of para-hydroxylation sites is 2. The molecular formula is C42H54BrClN2O4. The average molecular weight is 766 g/mol. The molecule has 2 aromatic rings. The zero-order valence-corrected chi connectivity index (χ0v) is 32.6. The van der Waals surface area contributed by atoms with Gasteiger partial charge in [-0.3, -0.25) is 9.59 Å². The Labute approximate surface area is 314 Å². The summed E-state index contributed by atoms with van der Waals surface area (Å²) >= 11 is 7.21. The van der Waals surface area contributed by atoms with E-state index in [2.05, 4.69) is 110 Å². The van der Waals surface area contributed by atoms with Crippen LogP contribution in [0.5, 0.6) is 0 Å². The highest BCUT2D eigenvalue weighted by Crippen LogP contribution is 2.49. The van der Waals surface area contributed by atoms with Crippen molar-refractivity contribution in [1.29, 1.82) is 0 Å². The lowest BCUT2D eigenvalue weighted by molar-refractivity contribution is -0.138. The van der Waals surface area contributed by atoms with Gasteiger partial charge < -0.3 is 20.0 Å². The van der Waals surface area contributed by atoms with Crippen LogP contribution in [0.25, 0.3) is 0 Å². The van der Waals surface area contributed by atoms with Gasteiger partial charge >= 0.3 is 11.9 Å². The van der Waals surface area contributed by atoms with Gasteiger partial charge in [-0.1, -0.05) is 107 Å². The molecule has 0 bridgehead atoms. The van der Waals surface area contributed by atoms with Gasteiger partial charge in [0.2, 0.25) is 0 Å². The van der Waals surface area contributed by atoms with Gasteiger partial charge in [-0.25, -0.2) is 0 Å². The molecule has 5 rings (SSSR count). The molecule has 6 nitrogen and oxygen atoms in total. The highest BCUT2D eigenvalue weighted by atomic mass is 79.9. The van der Waals surface area contributed by atoms with Crippen molar-refractivity contribution in [2.24, 2.45) is 0 Å². The maximum atomic E-state index is 11.0. The predicted molar refractivity (Wildman–Crippen MR) is 212 cm³/mol. The van der Waals surface area contributed by atoms with Crippen LogP contribution in [0.2, 0.25) is 0 Å². The molecule has 0 radical (unpaired) electrons. The molecular weight excluding hydrogens is 712 g/mol. The van der Waals surface area contributed by atoms with Crippen molar-refractivity contribution in [3.8, 4) is 0 Å². The van der Waals surface area contributed by atoms with Crippen molar-refractivity contribution in [2.75, 3.05) is 22.9 Å². The topological polar surface area (TPSA) is 81.1 Å². The van der Waals surface area contributed by atoms with Crippen LogP contribution in [-0.2, 0) is 20.4 Å². The molecule has 1 atom stereocenters. The summed E-state index contributed by atoms with van der Waals surface area (Å²) in [5.41, 5.74) is 8.49. The van der Waals surface area contributed by atoms with E-state index in [9.17, 15) is 9.59 Å². The Bertz CT molecular complexity index is 1660. The van der Waals surface area contributed by atoms with Crippen LogP contribution in [0.15, 0.2) is 94.7 Å². The third-order valence-electron chi connectivity index (χ3n) is 10.7. The molecule has 270 valence electrons. The Balaban J connectivity index is 0.00000562. The third kappa shape index (κ3) is 8.77. The van der Waals surface area contributed by atoms with Crippen molar-refractivity contribution < 1.29 is 19.8 Å². The number of carboxylic acids is 2. The second-order valence-electron chi connectivity index (χ2n) is 14.9. The standard InChI is InChI=1S/C42H53ClN2O4.BrH/c1-41(2)32-18-9-11-20-34(32)44(28-13-5-7-22-38(46)47)36(41)26-24-30-16-15-17-31(40(30)43)25-27-37-42(3,4)33-19-10-12-21-35(33)45(37)29-14-6-8-23-39(48)49;/h9-12,18-21,24-27,36H,5-8,13-17,22-23,28-29H2,1-4H3,(H,46,47)(H,48,49);1H/b26-24+,31-25+,37-27+;. The molecule has 2 heterocycles. The van der Waals surface area contributed by atoms with Gasteiger partial charge in [-0.15, -0.1) is 17.0 Å². The fourth-order valence-corrected chi connectivity index (χ4v) is 8.32. The first-order valence-corrected chi connectivity index (χ1v) is 18.5. The second kappa shape index (κ2) is 17.3. The first kappa shape index (κ1) is 39.5. The summed E-state index contributed by atoms with van der Waals surface area (Å²) in [6.07, 6.45) is 17.5. The van der Waals surface area contributed by atoms with Crippen LogP contribution in [0, 0.1) is 0 Å². The number of fused-ring (bicyclic) bond motifs is 2. The lowest BCUT2D eigenvalue weighted by Gasteiger charge is -2.33. The van der Waals surface area contributed by atoms with Crippen LogP contribution in [0.3, 0.4) is 0 Å². The molecule has 0 fully saturated rings. The fourth-order valence-electron chi connectivity index (χ4n) is 8.01. The number of allylic oxidation sites excluding steroid dienone is 7. The SMILES string of the molecule is Br.CC1(C)/C(=C\C=C2/CCCC(/C=C/C3N(CCCCCC(=O)O)c4ccccc4C3(C)C)=C2Cl)N(CCCCCC(=O)O)c2ccccc21. The van der Waals surface area contributed by atoms with Gasteiger partial charge in [0.25, 0.3) is 0 Å². The van der Waals surface area contributed by atoms with E-state index < -0.39 is 11.9 Å². The number of hydrogen-bond donors (Lipinski definition) is 2. The summed E-state index contributed by atoms with van der Waals surface area (Å²) in [6, 6.07) is 17.5. The van der Waals surface area contributed by atoms with Crippen molar-refractivity contribution in [1.82, 2.24) is 0 Å². The zero-order valence-electron chi connectivity index (χ0n) is 30.1. The maximum absolute atomic E-state index is 11.0. The fraction of sp³-hybridized carbons (Fsp3) is 0.476. The van der Waals surface area contributed by atoms with Gasteiger partial charge in [-0.2, -0.15) is 0 Å². The summed E-state index contributed by atoms with van der Waals surface area (Å²) in [4.78, 5) is 27.0. The van der Waals surface area contributed by atoms with E-state index in [-0.39, 0.29) is 46.7 Å². The summed E-state index contributed by atoms with van der Waals surface area (Å²) < 4.78 is 0. The molecule has 2 N–H and O–H groups in total. The van der Waals surface area contributed by atoms with Crippen LogP contribution >= 0.6 is 28.6 Å². The number of anilines is 2. The van der Waals surface area contributed by atoms with Gasteiger partial charge in [-0.05, 0) is 85.4 Å². The van der Waals surface area contributed by atoms with Gasteiger partial charge in [0, 0.05) is 58.9 Å². The normalized spacial score (nSPS) is 20.8. The molecule has 0 saturated carbocycles. The molecule has 0 aromatic heterocycles. The minimum Gasteiger partial charge on any atom is -0.481 e. The Morgan fingerprint density at radius 2 is 1.40 bits per heavy atom. The lowest BCUT2D eigenvalue weighted by atomic mass is 9.80. The molecule has 2 aromatic carbocycles. The molecule has 2 aliphatic heterocycles. The van der Waals surface area contributed by atoms with Crippen molar-refractivity contribution >= 4 is 51.9 Å². The van der Waals surface area contributed by atoms with E-state index in [0.717, 1.165) is 68.6 Å². The number of nitrogens with zero attached hydrogens (tertiary/aromatic N) is 2. The van der Waals surface area contributed by atoms with Crippen LogP contribution < -0.4 is 9.80 Å². The van der Waals surface area contributed by atoms with E-state index in [1.165, 1.54) is 33.8 Å². The second-order valence-corrected chi connectivity index (χ2v) is 15.3. The molecule has 0 spiro atoms. The molecule has 0 saturated heterocycles. The van der Waals surface area contributed by atoms with Crippen LogP contribution in [0.4, 0.5) is 11.4 Å². The summed E-state index contributed by atoms with van der Waals surface area (Å²) in [5, 5.41) is 19.0. The zero-order chi connectivity index (χ0) is 35.2. The number of hydrogen-bond acceptors (Lipinski definition) is 4. The number of rotatable bonds is 15. The van der Waals surface area contributed by atoms with E-state index in [4.69, 9.17) is 21.8 Å². The number of carboxylic acid groups (broad SMARTS) is 2. The smallest absolute Gasteiger partial charge is 0.303 e. The summed E-state index contributed by atoms with van der Waals surface area (Å²) in [7, 11) is 0. The first-order valence-electron chi connectivity index (χ1n) is 18.1. The van der Waals surface area contributed by atoms with Crippen molar-refractivity contribution in [3.05, 3.63) is 106 Å². The molecule has 1 aliphatic carbocycles. The quantitative estimate of drug-likeness (QED) is 0.176. The Kier molecular flexibility index (Phi) is 13.7. The minimum atomic E-state index is -0.731. The van der Waals surface area contributed by atoms with Gasteiger partial charge in [0.15, 0.2) is 0 Å². The largest absolute Gasteiger partial charge is 0.481 e. The van der Waals surface area contributed by atoms with E-state index in [1.54, 1.807) is 0 Å². The number of unbranched alkanes of at least 4 members (excludes halogenated alkanes) is 4. The summed E-state index contributed by atoms with van der Waals surface area (Å²) in [5.74, 6) is -1.46. The van der Waals surface area contributed by atoms with Crippen LogP contribution in [-0.4, -0.2) is 41.3 Å². The minimum absolute atomic E-state index is 0. The van der Waals surface area contributed by atoms with Gasteiger partial charge in [0.1, 0.15) is 0 Å². The maximum Gasteiger partial charge on any atom is 0.303 e. The Hall–Kier alpha value is -3.29. The van der Waals surface area contributed by atoms with Gasteiger partial charge in [0.05, 0.1) is 6.04 Å².